The number of methoxy groups -OCH3 is 2. The molecule has 184 valence electrons. The Bertz CT molecular complexity index is 1280. The lowest BCUT2D eigenvalue weighted by Crippen LogP contribution is -2.43. The summed E-state index contributed by atoms with van der Waals surface area (Å²) in [6.45, 7) is 2.21. The number of rotatable bonds is 6. The van der Waals surface area contributed by atoms with Crippen LogP contribution in [0.5, 0.6) is 17.2 Å². The minimum atomic E-state index is -0.380. The van der Waals surface area contributed by atoms with Crippen molar-refractivity contribution in [1.29, 1.82) is 0 Å². The van der Waals surface area contributed by atoms with Gasteiger partial charge in [0.1, 0.15) is 28.4 Å². The molecule has 7 heteroatoms. The SMILES string of the molecule is COc1ccc(OC)c(CCNC(=O)c2oc3ccc4c(c3c2C)C(=O)CC2(CCCCC2)O4)c1. The molecule has 1 N–H and O–H groups in total. The fourth-order valence-corrected chi connectivity index (χ4v) is 5.49. The number of ketones is 1. The number of fused-ring (bicyclic) bond motifs is 3. The van der Waals surface area contributed by atoms with Crippen molar-refractivity contribution in [3.8, 4) is 17.2 Å². The molecule has 1 spiro atoms. The Morgan fingerprint density at radius 1 is 1.09 bits per heavy atom. The van der Waals surface area contributed by atoms with Gasteiger partial charge in [0, 0.05) is 17.5 Å². The molecule has 2 aromatic carbocycles. The Morgan fingerprint density at radius 2 is 1.89 bits per heavy atom. The van der Waals surface area contributed by atoms with Crippen molar-refractivity contribution < 1.29 is 28.2 Å². The van der Waals surface area contributed by atoms with Crippen LogP contribution in [0.3, 0.4) is 0 Å². The van der Waals surface area contributed by atoms with Crippen molar-refractivity contribution in [2.45, 2.75) is 57.5 Å². The van der Waals surface area contributed by atoms with Gasteiger partial charge in [-0.15, -0.1) is 0 Å². The van der Waals surface area contributed by atoms with Gasteiger partial charge in [-0.3, -0.25) is 9.59 Å². The summed E-state index contributed by atoms with van der Waals surface area (Å²) in [5.74, 6) is 2.04. The molecule has 0 radical (unpaired) electrons. The van der Waals surface area contributed by atoms with Crippen LogP contribution in [0.2, 0.25) is 0 Å². The summed E-state index contributed by atoms with van der Waals surface area (Å²) < 4.78 is 23.1. The molecule has 1 aliphatic heterocycles. The Labute approximate surface area is 204 Å². The first kappa shape index (κ1) is 23.3. The van der Waals surface area contributed by atoms with Crippen molar-refractivity contribution in [2.24, 2.45) is 0 Å². The molecule has 2 aliphatic rings. The minimum absolute atomic E-state index is 0.0692. The molecule has 2 heterocycles. The van der Waals surface area contributed by atoms with Gasteiger partial charge in [0.15, 0.2) is 11.5 Å². The summed E-state index contributed by atoms with van der Waals surface area (Å²) in [6, 6.07) is 9.19. The quantitative estimate of drug-likeness (QED) is 0.512. The molecule has 1 amide bonds. The topological polar surface area (TPSA) is 87.0 Å². The molecule has 5 rings (SSSR count). The molecule has 0 bridgehead atoms. The van der Waals surface area contributed by atoms with Crippen LogP contribution < -0.4 is 19.5 Å². The van der Waals surface area contributed by atoms with Crippen molar-refractivity contribution in [3.63, 3.8) is 0 Å². The highest BCUT2D eigenvalue weighted by Gasteiger charge is 2.42. The maximum atomic E-state index is 13.3. The van der Waals surface area contributed by atoms with Crippen LogP contribution >= 0.6 is 0 Å². The van der Waals surface area contributed by atoms with E-state index in [0.29, 0.717) is 47.2 Å². The lowest BCUT2D eigenvalue weighted by Gasteiger charge is -2.40. The van der Waals surface area contributed by atoms with Crippen LogP contribution in [0, 0.1) is 6.92 Å². The Kier molecular flexibility index (Phi) is 6.17. The third-order valence-electron chi connectivity index (χ3n) is 7.28. The third kappa shape index (κ3) is 4.24. The number of aryl methyl sites for hydroxylation is 1. The molecule has 0 atom stereocenters. The number of carbonyl (C=O) groups is 2. The predicted molar refractivity (Wildman–Crippen MR) is 132 cm³/mol. The summed E-state index contributed by atoms with van der Waals surface area (Å²) in [6.07, 6.45) is 6.12. The number of Topliss-reactive ketones (excluding diaryl/α,β-unsaturated/α-hetero) is 1. The molecule has 1 fully saturated rings. The zero-order chi connectivity index (χ0) is 24.6. The van der Waals surface area contributed by atoms with E-state index in [1.807, 2.05) is 31.2 Å². The van der Waals surface area contributed by atoms with Crippen LogP contribution in [-0.2, 0) is 6.42 Å². The monoisotopic (exact) mass is 477 g/mol. The first-order valence-electron chi connectivity index (χ1n) is 12.2. The van der Waals surface area contributed by atoms with Crippen molar-refractivity contribution >= 4 is 22.7 Å². The lowest BCUT2D eigenvalue weighted by molar-refractivity contribution is 0.0139. The summed E-state index contributed by atoms with van der Waals surface area (Å²) >= 11 is 0. The molecule has 1 saturated carbocycles. The van der Waals surface area contributed by atoms with E-state index >= 15 is 0 Å². The fourth-order valence-electron chi connectivity index (χ4n) is 5.49. The molecule has 0 saturated heterocycles. The van der Waals surface area contributed by atoms with Crippen molar-refractivity contribution in [3.05, 3.63) is 52.8 Å². The molecular weight excluding hydrogens is 446 g/mol. The van der Waals surface area contributed by atoms with Crippen molar-refractivity contribution in [1.82, 2.24) is 5.32 Å². The zero-order valence-electron chi connectivity index (χ0n) is 20.5. The highest BCUT2D eigenvalue weighted by molar-refractivity contribution is 6.13. The van der Waals surface area contributed by atoms with E-state index in [9.17, 15) is 9.59 Å². The maximum Gasteiger partial charge on any atom is 0.287 e. The minimum Gasteiger partial charge on any atom is -0.497 e. The van der Waals surface area contributed by atoms with Crippen LogP contribution in [0.1, 0.15) is 70.6 Å². The molecule has 3 aromatic rings. The first-order chi connectivity index (χ1) is 16.9. The number of hydrogen-bond donors (Lipinski definition) is 1. The normalized spacial score (nSPS) is 16.6. The summed E-state index contributed by atoms with van der Waals surface area (Å²) in [4.78, 5) is 26.3. The van der Waals surface area contributed by atoms with Crippen LogP contribution in [0.25, 0.3) is 11.0 Å². The van der Waals surface area contributed by atoms with Gasteiger partial charge in [0.05, 0.1) is 26.2 Å². The number of carbonyl (C=O) groups excluding carboxylic acids is 2. The maximum absolute atomic E-state index is 13.3. The second kappa shape index (κ2) is 9.29. The van der Waals surface area contributed by atoms with Gasteiger partial charge in [-0.25, -0.2) is 0 Å². The number of benzene rings is 2. The summed E-state index contributed by atoms with van der Waals surface area (Å²) in [5.41, 5.74) is 2.28. The average molecular weight is 478 g/mol. The highest BCUT2D eigenvalue weighted by atomic mass is 16.5. The zero-order valence-corrected chi connectivity index (χ0v) is 20.5. The van der Waals surface area contributed by atoms with E-state index < -0.39 is 0 Å². The molecular formula is C28H31NO6. The van der Waals surface area contributed by atoms with E-state index in [2.05, 4.69) is 5.32 Å². The van der Waals surface area contributed by atoms with Gasteiger partial charge < -0.3 is 23.9 Å². The third-order valence-corrected chi connectivity index (χ3v) is 7.28. The fraction of sp³-hybridized carbons (Fsp3) is 0.429. The van der Waals surface area contributed by atoms with E-state index in [1.54, 1.807) is 20.3 Å². The van der Waals surface area contributed by atoms with Gasteiger partial charge in [-0.05, 0) is 74.9 Å². The number of amides is 1. The first-order valence-corrected chi connectivity index (χ1v) is 12.2. The van der Waals surface area contributed by atoms with E-state index in [4.69, 9.17) is 18.6 Å². The van der Waals surface area contributed by atoms with Gasteiger partial charge in [0.2, 0.25) is 0 Å². The Morgan fingerprint density at radius 3 is 2.63 bits per heavy atom. The Balaban J connectivity index is 1.36. The van der Waals surface area contributed by atoms with E-state index in [0.717, 1.165) is 42.7 Å². The number of nitrogens with one attached hydrogen (secondary N) is 1. The lowest BCUT2D eigenvalue weighted by atomic mass is 9.78. The summed E-state index contributed by atoms with van der Waals surface area (Å²) in [7, 11) is 3.23. The van der Waals surface area contributed by atoms with Crippen LogP contribution in [-0.4, -0.2) is 38.1 Å². The van der Waals surface area contributed by atoms with Crippen molar-refractivity contribution in [2.75, 3.05) is 20.8 Å². The second-order valence-corrected chi connectivity index (χ2v) is 9.50. The smallest absolute Gasteiger partial charge is 0.287 e. The molecule has 0 unspecified atom stereocenters. The van der Waals surface area contributed by atoms with Gasteiger partial charge in [0.25, 0.3) is 5.91 Å². The standard InChI is InChI=1S/C28H31NO6/c1-17-24-22(9-10-23-25(24)20(30)16-28(35-23)12-5-4-6-13-28)34-26(17)27(31)29-14-11-18-15-19(32-2)7-8-21(18)33-3/h7-10,15H,4-6,11-14,16H2,1-3H3,(H,29,31). The number of furan rings is 1. The average Bonchev–Trinajstić information content (AvgIpc) is 3.20. The molecule has 35 heavy (non-hydrogen) atoms. The predicted octanol–water partition coefficient (Wildman–Crippen LogP) is 5.40. The van der Waals surface area contributed by atoms with Crippen LogP contribution in [0.4, 0.5) is 0 Å². The molecule has 1 aliphatic carbocycles. The molecule has 1 aromatic heterocycles. The van der Waals surface area contributed by atoms with E-state index in [1.165, 1.54) is 6.42 Å². The van der Waals surface area contributed by atoms with Crippen LogP contribution in [0.15, 0.2) is 34.7 Å². The second-order valence-electron chi connectivity index (χ2n) is 9.50. The number of ether oxygens (including phenoxy) is 3. The highest BCUT2D eigenvalue weighted by Crippen LogP contribution is 2.45. The van der Waals surface area contributed by atoms with Gasteiger partial charge in [-0.2, -0.15) is 0 Å². The van der Waals surface area contributed by atoms with Gasteiger partial charge >= 0.3 is 0 Å². The van der Waals surface area contributed by atoms with E-state index in [-0.39, 0.29) is 23.1 Å². The summed E-state index contributed by atoms with van der Waals surface area (Å²) in [5, 5.41) is 3.61. The number of hydrogen-bond acceptors (Lipinski definition) is 6. The Hall–Kier alpha value is -3.48. The largest absolute Gasteiger partial charge is 0.497 e. The van der Waals surface area contributed by atoms with Gasteiger partial charge in [-0.1, -0.05) is 6.42 Å². The molecule has 7 nitrogen and oxygen atoms in total.